The second kappa shape index (κ2) is 7.16. The van der Waals surface area contributed by atoms with Crippen LogP contribution in [0, 0.1) is 0 Å². The lowest BCUT2D eigenvalue weighted by Crippen LogP contribution is -2.34. The van der Waals surface area contributed by atoms with Gasteiger partial charge in [0, 0.05) is 28.8 Å². The summed E-state index contributed by atoms with van der Waals surface area (Å²) < 4.78 is 0. The fourth-order valence-corrected chi connectivity index (χ4v) is 4.08. The van der Waals surface area contributed by atoms with Crippen LogP contribution in [0.5, 0.6) is 0 Å². The Morgan fingerprint density at radius 2 is 1.78 bits per heavy atom. The molecule has 2 aromatic carbocycles. The first-order valence-corrected chi connectivity index (χ1v) is 9.30. The first kappa shape index (κ1) is 17.2. The minimum Gasteiger partial charge on any atom is -0.359 e. The van der Waals surface area contributed by atoms with E-state index in [0.717, 1.165) is 29.8 Å². The van der Waals surface area contributed by atoms with Crippen molar-refractivity contribution in [3.8, 4) is 0 Å². The molecule has 0 aliphatic carbocycles. The van der Waals surface area contributed by atoms with Crippen molar-refractivity contribution in [1.29, 1.82) is 0 Å². The molecule has 0 saturated heterocycles. The van der Waals surface area contributed by atoms with Gasteiger partial charge in [-0.25, -0.2) is 0 Å². The van der Waals surface area contributed by atoms with Crippen molar-refractivity contribution in [2.45, 2.75) is 12.5 Å². The lowest BCUT2D eigenvalue weighted by molar-refractivity contribution is 0.316. The van der Waals surface area contributed by atoms with E-state index in [-0.39, 0.29) is 6.04 Å². The van der Waals surface area contributed by atoms with Crippen molar-refractivity contribution in [1.82, 2.24) is 9.88 Å². The number of H-pyrrole nitrogens is 1. The van der Waals surface area contributed by atoms with E-state index in [4.69, 9.17) is 0 Å². The van der Waals surface area contributed by atoms with E-state index in [0.29, 0.717) is 0 Å². The highest BCUT2D eigenvalue weighted by Crippen LogP contribution is 2.42. The summed E-state index contributed by atoms with van der Waals surface area (Å²) in [6.45, 7) is 13.3. The molecule has 4 rings (SSSR count). The van der Waals surface area contributed by atoms with Gasteiger partial charge in [-0.2, -0.15) is 0 Å². The molecule has 1 aliphatic heterocycles. The highest BCUT2D eigenvalue weighted by molar-refractivity contribution is 5.85. The maximum absolute atomic E-state index is 4.43. The topological polar surface area (TPSA) is 19.0 Å². The van der Waals surface area contributed by atoms with Crippen LogP contribution in [0.1, 0.15) is 22.9 Å². The molecule has 0 amide bonds. The van der Waals surface area contributed by atoms with E-state index >= 15 is 0 Å². The second-order valence-electron chi connectivity index (χ2n) is 6.83. The molecule has 1 N–H and O–H groups in total. The third-order valence-corrected chi connectivity index (χ3v) is 5.35. The highest BCUT2D eigenvalue weighted by Gasteiger charge is 2.32. The Hall–Kier alpha value is -3.26. The van der Waals surface area contributed by atoms with Crippen LogP contribution >= 0.6 is 0 Å². The van der Waals surface area contributed by atoms with Gasteiger partial charge in [0.2, 0.25) is 0 Å². The number of fused-ring (bicyclic) bond motifs is 3. The molecule has 1 aromatic heterocycles. The van der Waals surface area contributed by atoms with Crippen molar-refractivity contribution in [2.75, 3.05) is 6.54 Å². The Morgan fingerprint density at radius 3 is 2.52 bits per heavy atom. The number of benzene rings is 2. The molecule has 2 nitrogen and oxygen atoms in total. The Kier molecular flexibility index (Phi) is 4.55. The Balaban J connectivity index is 1.87. The summed E-state index contributed by atoms with van der Waals surface area (Å²) in [5.74, 6) is 0. The van der Waals surface area contributed by atoms with E-state index in [1.54, 1.807) is 0 Å². The molecule has 0 fully saturated rings. The number of rotatable bonds is 5. The summed E-state index contributed by atoms with van der Waals surface area (Å²) in [7, 11) is 0. The Morgan fingerprint density at radius 1 is 1.04 bits per heavy atom. The third kappa shape index (κ3) is 2.93. The second-order valence-corrected chi connectivity index (χ2v) is 6.83. The molecular weight excluding hydrogens is 328 g/mol. The number of nitrogens with one attached hydrogen (secondary N) is 1. The molecule has 1 unspecified atom stereocenters. The van der Waals surface area contributed by atoms with Gasteiger partial charge < -0.3 is 9.88 Å². The fourth-order valence-electron chi connectivity index (χ4n) is 4.08. The van der Waals surface area contributed by atoms with Crippen molar-refractivity contribution in [3.63, 3.8) is 0 Å². The molecule has 134 valence electrons. The number of para-hydroxylation sites is 1. The summed E-state index contributed by atoms with van der Waals surface area (Å²) in [6.07, 6.45) is 6.79. The van der Waals surface area contributed by atoms with Crippen molar-refractivity contribution < 1.29 is 0 Å². The summed E-state index contributed by atoms with van der Waals surface area (Å²) in [6, 6.07) is 19.0. The number of hydrogen-bond donors (Lipinski definition) is 1. The quantitative estimate of drug-likeness (QED) is 0.555. The zero-order chi connectivity index (χ0) is 18.8. The predicted octanol–water partition coefficient (Wildman–Crippen LogP) is 6.04. The maximum Gasteiger partial charge on any atom is 0.0947 e. The first-order valence-electron chi connectivity index (χ1n) is 9.30. The van der Waals surface area contributed by atoms with Crippen molar-refractivity contribution in [3.05, 3.63) is 115 Å². The van der Waals surface area contributed by atoms with E-state index in [2.05, 4.69) is 78.2 Å². The molecule has 27 heavy (non-hydrogen) atoms. The van der Waals surface area contributed by atoms with Crippen molar-refractivity contribution in [2.24, 2.45) is 0 Å². The minimum atomic E-state index is 0.0457. The van der Waals surface area contributed by atoms with Crippen molar-refractivity contribution >= 4 is 16.6 Å². The SMILES string of the molecule is C=C/C=C(\C=C)C1c2[nH]c3ccccc3c2CCN1C(=C)c1ccccc1. The van der Waals surface area contributed by atoms with E-state index in [9.17, 15) is 0 Å². The number of nitrogens with zero attached hydrogens (tertiary/aromatic N) is 1. The Labute approximate surface area is 160 Å². The summed E-state index contributed by atoms with van der Waals surface area (Å²) in [4.78, 5) is 6.05. The third-order valence-electron chi connectivity index (χ3n) is 5.35. The number of aromatic amines is 1. The van der Waals surface area contributed by atoms with Gasteiger partial charge in [-0.1, -0.05) is 86.5 Å². The molecule has 3 aromatic rings. The summed E-state index contributed by atoms with van der Waals surface area (Å²) in [5, 5.41) is 1.31. The summed E-state index contributed by atoms with van der Waals surface area (Å²) in [5.41, 5.74) is 7.10. The largest absolute Gasteiger partial charge is 0.359 e. The average molecular weight is 352 g/mol. The monoisotopic (exact) mass is 352 g/mol. The van der Waals surface area contributed by atoms with Crippen LogP contribution in [0.4, 0.5) is 0 Å². The van der Waals surface area contributed by atoms with Gasteiger partial charge >= 0.3 is 0 Å². The van der Waals surface area contributed by atoms with Gasteiger partial charge in [-0.3, -0.25) is 0 Å². The minimum absolute atomic E-state index is 0.0457. The standard InChI is InChI=1S/C25H24N2/c1-4-11-19(5-2)25-24-22(21-14-9-10-15-23(21)26-24)16-17-27(25)18(3)20-12-7-6-8-13-20/h4-15,25-26H,1-3,16-17H2/b19-11+. The van der Waals surface area contributed by atoms with Crippen LogP contribution < -0.4 is 0 Å². The smallest absolute Gasteiger partial charge is 0.0947 e. The van der Waals surface area contributed by atoms with Gasteiger partial charge in [0.25, 0.3) is 0 Å². The molecular formula is C25H24N2. The normalized spacial score (nSPS) is 16.8. The Bertz CT molecular complexity index is 1040. The molecule has 1 aliphatic rings. The van der Waals surface area contributed by atoms with Gasteiger partial charge in [0.1, 0.15) is 0 Å². The first-order chi connectivity index (χ1) is 13.2. The van der Waals surface area contributed by atoms with Gasteiger partial charge in [0.05, 0.1) is 6.04 Å². The van der Waals surface area contributed by atoms with Gasteiger partial charge in [-0.15, -0.1) is 0 Å². The molecule has 1 atom stereocenters. The lowest BCUT2D eigenvalue weighted by Gasteiger charge is -2.39. The van der Waals surface area contributed by atoms with Crippen LogP contribution in [0.25, 0.3) is 16.6 Å². The highest BCUT2D eigenvalue weighted by atomic mass is 15.2. The molecule has 2 heteroatoms. The van der Waals surface area contributed by atoms with Crippen LogP contribution in [-0.2, 0) is 6.42 Å². The molecule has 0 bridgehead atoms. The molecule has 2 heterocycles. The van der Waals surface area contributed by atoms with E-state index in [1.807, 2.05) is 24.3 Å². The molecule has 0 spiro atoms. The average Bonchev–Trinajstić information content (AvgIpc) is 3.10. The van der Waals surface area contributed by atoms with Gasteiger partial charge in [0.15, 0.2) is 0 Å². The van der Waals surface area contributed by atoms with Crippen LogP contribution in [0.3, 0.4) is 0 Å². The molecule has 0 saturated carbocycles. The number of allylic oxidation sites excluding steroid dienone is 2. The summed E-state index contributed by atoms with van der Waals surface area (Å²) >= 11 is 0. The predicted molar refractivity (Wildman–Crippen MR) is 115 cm³/mol. The van der Waals surface area contributed by atoms with Gasteiger partial charge in [-0.05, 0) is 29.2 Å². The van der Waals surface area contributed by atoms with E-state index in [1.165, 1.54) is 22.2 Å². The van der Waals surface area contributed by atoms with Crippen LogP contribution in [0.15, 0.2) is 98.1 Å². The van der Waals surface area contributed by atoms with E-state index < -0.39 is 0 Å². The fraction of sp³-hybridized carbons (Fsp3) is 0.120. The number of aromatic nitrogens is 1. The number of hydrogen-bond acceptors (Lipinski definition) is 1. The zero-order valence-electron chi connectivity index (χ0n) is 15.5. The van der Waals surface area contributed by atoms with Crippen LogP contribution in [-0.4, -0.2) is 16.4 Å². The zero-order valence-corrected chi connectivity index (χ0v) is 15.5. The molecule has 0 radical (unpaired) electrons. The van der Waals surface area contributed by atoms with Crippen LogP contribution in [0.2, 0.25) is 0 Å². The lowest BCUT2D eigenvalue weighted by atomic mass is 9.90. The maximum atomic E-state index is 4.43.